The van der Waals surface area contributed by atoms with Crippen molar-refractivity contribution in [1.82, 2.24) is 29.6 Å². The quantitative estimate of drug-likeness (QED) is 0.507. The molecule has 3 fully saturated rings. The molecule has 1 aliphatic carbocycles. The minimum atomic E-state index is -4.13. The number of hydrogen-bond acceptors (Lipinski definition) is 7. The van der Waals surface area contributed by atoms with Gasteiger partial charge in [-0.3, -0.25) is 14.5 Å². The van der Waals surface area contributed by atoms with Gasteiger partial charge < -0.3 is 9.80 Å². The van der Waals surface area contributed by atoms with Gasteiger partial charge in [-0.05, 0) is 43.5 Å². The van der Waals surface area contributed by atoms with E-state index in [1.165, 1.54) is 0 Å². The number of rotatable bonds is 3. The second-order valence-corrected chi connectivity index (χ2v) is 11.5. The van der Waals surface area contributed by atoms with Gasteiger partial charge in [-0.15, -0.1) is 10.2 Å². The molecule has 4 aliphatic rings. The summed E-state index contributed by atoms with van der Waals surface area (Å²) in [6.45, 7) is 6.50. The van der Waals surface area contributed by atoms with E-state index in [0.29, 0.717) is 18.1 Å². The lowest BCUT2D eigenvalue weighted by molar-refractivity contribution is -0.207. The second-order valence-electron chi connectivity index (χ2n) is 11.0. The highest BCUT2D eigenvalue weighted by atomic mass is 35.5. The number of aromatic nitrogens is 5. The first kappa shape index (κ1) is 23.2. The van der Waals surface area contributed by atoms with Gasteiger partial charge in [-0.1, -0.05) is 11.6 Å². The van der Waals surface area contributed by atoms with E-state index < -0.39 is 12.1 Å². The van der Waals surface area contributed by atoms with E-state index in [1.54, 1.807) is 6.20 Å². The Kier molecular flexibility index (Phi) is 5.04. The van der Waals surface area contributed by atoms with Crippen molar-refractivity contribution in [1.29, 1.82) is 0 Å². The third-order valence-electron chi connectivity index (χ3n) is 8.26. The van der Waals surface area contributed by atoms with Crippen molar-refractivity contribution in [2.24, 2.45) is 11.3 Å². The highest BCUT2D eigenvalue weighted by molar-refractivity contribution is 6.30. The van der Waals surface area contributed by atoms with Crippen LogP contribution >= 0.6 is 11.6 Å². The molecule has 194 valence electrons. The van der Waals surface area contributed by atoms with E-state index in [9.17, 15) is 13.2 Å². The van der Waals surface area contributed by atoms with Crippen molar-refractivity contribution in [3.05, 3.63) is 52.7 Å². The van der Waals surface area contributed by atoms with Crippen molar-refractivity contribution in [3.8, 4) is 5.69 Å². The van der Waals surface area contributed by atoms with Crippen LogP contribution in [-0.4, -0.2) is 68.0 Å². The van der Waals surface area contributed by atoms with E-state index >= 15 is 0 Å². The van der Waals surface area contributed by atoms with Crippen LogP contribution in [-0.2, 0) is 13.1 Å². The average Bonchev–Trinajstić information content (AvgIpc) is 3.06. The number of alkyl halides is 3. The van der Waals surface area contributed by atoms with Gasteiger partial charge in [-0.2, -0.15) is 13.2 Å². The predicted octanol–water partition coefficient (Wildman–Crippen LogP) is 4.00. The molecular weight excluding hydrogens is 505 g/mol. The molecule has 12 heteroatoms. The molecule has 0 radical (unpaired) electrons. The molecule has 3 aliphatic heterocycles. The van der Waals surface area contributed by atoms with E-state index in [0.717, 1.165) is 60.7 Å². The maximum atomic E-state index is 13.1. The molecule has 7 rings (SSSR count). The Bertz CT molecular complexity index is 1350. The van der Waals surface area contributed by atoms with Crippen LogP contribution in [0, 0.1) is 18.3 Å². The molecular formula is C25H26ClF3N8. The molecule has 1 spiro atoms. The van der Waals surface area contributed by atoms with Gasteiger partial charge in [0.05, 0.1) is 30.0 Å². The number of halogens is 4. The summed E-state index contributed by atoms with van der Waals surface area (Å²) in [5, 5.41) is 9.67. The first-order chi connectivity index (χ1) is 17.7. The van der Waals surface area contributed by atoms with Crippen LogP contribution in [0.5, 0.6) is 0 Å². The summed E-state index contributed by atoms with van der Waals surface area (Å²) in [6, 6.07) is 5.58. The van der Waals surface area contributed by atoms with Gasteiger partial charge in [0, 0.05) is 55.4 Å². The average molecular weight is 531 g/mol. The number of nitrogens with zero attached hydrogens (tertiary/aromatic N) is 8. The van der Waals surface area contributed by atoms with Gasteiger partial charge in [0.1, 0.15) is 5.82 Å². The maximum Gasteiger partial charge on any atom is 0.391 e. The van der Waals surface area contributed by atoms with Crippen molar-refractivity contribution < 1.29 is 13.2 Å². The smallest absolute Gasteiger partial charge is 0.354 e. The molecule has 1 aromatic carbocycles. The number of aryl methyl sites for hydroxylation is 1. The fourth-order valence-electron chi connectivity index (χ4n) is 6.26. The SMILES string of the molecule is Cc1cncc(N2CC3(C2)CN(c2nnc4n2-c2ccc(Cl)cc2CN(C2CC(C(F)(F)F)C2)C4)C3)n1. The highest BCUT2D eigenvalue weighted by Crippen LogP contribution is 2.46. The molecule has 0 bridgehead atoms. The Morgan fingerprint density at radius 1 is 1.00 bits per heavy atom. The predicted molar refractivity (Wildman–Crippen MR) is 132 cm³/mol. The van der Waals surface area contributed by atoms with Gasteiger partial charge in [-0.25, -0.2) is 4.98 Å². The molecule has 0 amide bonds. The number of fused-ring (bicyclic) bond motifs is 3. The molecule has 37 heavy (non-hydrogen) atoms. The minimum Gasteiger partial charge on any atom is -0.354 e. The zero-order valence-electron chi connectivity index (χ0n) is 20.3. The van der Waals surface area contributed by atoms with Gasteiger partial charge >= 0.3 is 6.18 Å². The van der Waals surface area contributed by atoms with Crippen LogP contribution in [0.4, 0.5) is 24.9 Å². The van der Waals surface area contributed by atoms with Crippen LogP contribution in [0.1, 0.15) is 29.9 Å². The molecule has 0 atom stereocenters. The lowest BCUT2D eigenvalue weighted by Gasteiger charge is -2.60. The summed E-state index contributed by atoms with van der Waals surface area (Å²) < 4.78 is 41.5. The highest BCUT2D eigenvalue weighted by Gasteiger charge is 2.54. The zero-order valence-corrected chi connectivity index (χ0v) is 21.0. The van der Waals surface area contributed by atoms with Crippen molar-refractivity contribution in [3.63, 3.8) is 0 Å². The van der Waals surface area contributed by atoms with Crippen LogP contribution in [0.15, 0.2) is 30.6 Å². The topological polar surface area (TPSA) is 66.2 Å². The van der Waals surface area contributed by atoms with Gasteiger partial charge in [0.2, 0.25) is 5.95 Å². The van der Waals surface area contributed by atoms with E-state index in [4.69, 9.17) is 11.6 Å². The summed E-state index contributed by atoms with van der Waals surface area (Å²) in [5.41, 5.74) is 3.02. The zero-order chi connectivity index (χ0) is 25.5. The number of anilines is 2. The van der Waals surface area contributed by atoms with Gasteiger partial charge in [0.25, 0.3) is 0 Å². The number of hydrogen-bond donors (Lipinski definition) is 0. The fraction of sp³-hybridized carbons (Fsp3) is 0.520. The summed E-state index contributed by atoms with van der Waals surface area (Å²) in [5.74, 6) is 1.22. The molecule has 2 aromatic heterocycles. The summed E-state index contributed by atoms with van der Waals surface area (Å²) in [4.78, 5) is 15.4. The molecule has 2 saturated heterocycles. The maximum absolute atomic E-state index is 13.1. The van der Waals surface area contributed by atoms with E-state index in [2.05, 4.69) is 39.4 Å². The Labute approximate surface area is 217 Å². The third kappa shape index (κ3) is 3.85. The van der Waals surface area contributed by atoms with Gasteiger partial charge in [0.15, 0.2) is 5.82 Å². The molecule has 1 saturated carbocycles. The normalized spacial score (nSPS) is 24.6. The van der Waals surface area contributed by atoms with Crippen molar-refractivity contribution in [2.45, 2.75) is 45.1 Å². The standard InChI is InChI=1S/C25H26ClF3N8/c1-15-7-30-8-21(31-15)35-11-24(12-35)13-36(14-24)23-33-32-22-10-34(19-5-17(6-19)25(27,28)29)9-16-4-18(26)2-3-20(16)37(22)23/h2-4,7-8,17,19H,5-6,9-14H2,1H3. The molecule has 5 heterocycles. The Morgan fingerprint density at radius 3 is 2.49 bits per heavy atom. The minimum absolute atomic E-state index is 0.122. The Balaban J connectivity index is 1.11. The lowest BCUT2D eigenvalue weighted by Crippen LogP contribution is -2.73. The van der Waals surface area contributed by atoms with E-state index in [1.807, 2.05) is 31.3 Å². The largest absolute Gasteiger partial charge is 0.391 e. The lowest BCUT2D eigenvalue weighted by atomic mass is 9.73. The summed E-state index contributed by atoms with van der Waals surface area (Å²) >= 11 is 6.34. The first-order valence-electron chi connectivity index (χ1n) is 12.5. The van der Waals surface area contributed by atoms with Crippen LogP contribution in [0.3, 0.4) is 0 Å². The monoisotopic (exact) mass is 530 g/mol. The van der Waals surface area contributed by atoms with Crippen LogP contribution in [0.25, 0.3) is 5.69 Å². The number of benzene rings is 1. The fourth-order valence-corrected chi connectivity index (χ4v) is 6.46. The molecule has 0 N–H and O–H groups in total. The Hall–Kier alpha value is -2.92. The van der Waals surface area contributed by atoms with Crippen molar-refractivity contribution in [2.75, 3.05) is 36.0 Å². The van der Waals surface area contributed by atoms with Crippen LogP contribution < -0.4 is 9.80 Å². The summed E-state index contributed by atoms with van der Waals surface area (Å²) in [6.07, 6.45) is -0.324. The molecule has 3 aromatic rings. The molecule has 8 nitrogen and oxygen atoms in total. The Morgan fingerprint density at radius 2 is 1.76 bits per heavy atom. The second kappa shape index (κ2) is 8.04. The van der Waals surface area contributed by atoms with Crippen LogP contribution in [0.2, 0.25) is 5.02 Å². The first-order valence-corrected chi connectivity index (χ1v) is 12.9. The van der Waals surface area contributed by atoms with Crippen molar-refractivity contribution >= 4 is 23.4 Å². The van der Waals surface area contributed by atoms with E-state index in [-0.39, 0.29) is 24.3 Å². The third-order valence-corrected chi connectivity index (χ3v) is 8.50. The molecule has 0 unspecified atom stereocenters. The summed E-state index contributed by atoms with van der Waals surface area (Å²) in [7, 11) is 0.